The lowest BCUT2D eigenvalue weighted by atomic mass is 9.79. The van der Waals surface area contributed by atoms with Crippen LogP contribution in [0.15, 0.2) is 47.9 Å². The van der Waals surface area contributed by atoms with Crippen LogP contribution in [0.2, 0.25) is 0 Å². The van der Waals surface area contributed by atoms with Crippen LogP contribution >= 0.6 is 0 Å². The monoisotopic (exact) mass is 550 g/mol. The van der Waals surface area contributed by atoms with Gasteiger partial charge in [-0.15, -0.1) is 0 Å². The Kier molecular flexibility index (Phi) is 7.86. The lowest BCUT2D eigenvalue weighted by molar-refractivity contribution is -0.366. The average Bonchev–Trinajstić information content (AvgIpc) is 2.63. The van der Waals surface area contributed by atoms with Gasteiger partial charge in [0, 0.05) is 0 Å². The first-order chi connectivity index (χ1) is 15.3. The van der Waals surface area contributed by atoms with Gasteiger partial charge in [-0.2, -0.15) is 65.9 Å². The molecule has 0 saturated heterocycles. The van der Waals surface area contributed by atoms with Gasteiger partial charge in [0.1, 0.15) is 0 Å². The van der Waals surface area contributed by atoms with E-state index in [1.54, 1.807) is 0 Å². The van der Waals surface area contributed by atoms with Crippen molar-refractivity contribution in [1.82, 2.24) is 0 Å². The van der Waals surface area contributed by atoms with Crippen LogP contribution in [-0.4, -0.2) is 42.2 Å². The van der Waals surface area contributed by atoms with Crippen molar-refractivity contribution in [2.45, 2.75) is 42.2 Å². The Hall–Kier alpha value is -2.69. The summed E-state index contributed by atoms with van der Waals surface area (Å²) in [5.41, 5.74) is -22.2. The van der Waals surface area contributed by atoms with E-state index in [0.29, 0.717) is 0 Å². The zero-order chi connectivity index (χ0) is 27.9. The molecule has 0 N–H and O–H groups in total. The topological polar surface area (TPSA) is 9.23 Å². The molecule has 0 amide bonds. The van der Waals surface area contributed by atoms with Gasteiger partial charge in [-0.1, -0.05) is 30.3 Å². The van der Waals surface area contributed by atoms with Crippen LogP contribution in [0.3, 0.4) is 0 Å². The number of halogens is 17. The Balaban J connectivity index is 4.31. The molecule has 200 valence electrons. The van der Waals surface area contributed by atoms with E-state index in [-0.39, 0.29) is 11.6 Å². The quantitative estimate of drug-likeness (QED) is 0.266. The Bertz CT molecular complexity index is 857. The van der Waals surface area contributed by atoms with E-state index in [4.69, 9.17) is 0 Å². The molecule has 1 aromatic rings. The molecule has 0 fully saturated rings. The first-order valence-electron chi connectivity index (χ1n) is 8.19. The smallest absolute Gasteiger partial charge is 0.449 e. The molecule has 18 heteroatoms. The summed E-state index contributed by atoms with van der Waals surface area (Å²) < 4.78 is 228. The summed E-state index contributed by atoms with van der Waals surface area (Å²) in [5.74, 6) is -4.53. The Morgan fingerprint density at radius 1 is 0.543 bits per heavy atom. The Morgan fingerprint density at radius 2 is 0.886 bits per heavy atom. The molecule has 1 aromatic carbocycles. The van der Waals surface area contributed by atoms with E-state index in [1.165, 1.54) is 6.07 Å². The first kappa shape index (κ1) is 30.3. The second-order valence-corrected chi connectivity index (χ2v) is 6.34. The lowest BCUT2D eigenvalue weighted by Crippen LogP contribution is -2.66. The predicted octanol–water partition coefficient (Wildman–Crippen LogP) is 8.16. The molecule has 35 heavy (non-hydrogen) atoms. The highest BCUT2D eigenvalue weighted by molar-refractivity contribution is 5.48. The van der Waals surface area contributed by atoms with Crippen LogP contribution < -0.4 is 0 Å². The SMILES string of the molecule is FC(F)(F)C(O/C=C\c1ccccc1)=C(C(F)(C(F)(F)F)C(F)(F)F)C(F)(C(F)(F)F)C(F)(F)F. The second-order valence-electron chi connectivity index (χ2n) is 6.34. The van der Waals surface area contributed by atoms with Crippen LogP contribution in [0.1, 0.15) is 5.56 Å². The molecule has 0 heterocycles. The molecule has 0 saturated carbocycles. The van der Waals surface area contributed by atoms with Gasteiger partial charge in [0.25, 0.3) is 0 Å². The molecule has 0 atom stereocenters. The zero-order valence-electron chi connectivity index (χ0n) is 15.9. The molecule has 0 aliphatic carbocycles. The van der Waals surface area contributed by atoms with Gasteiger partial charge < -0.3 is 4.74 Å². The molecular weight excluding hydrogens is 543 g/mol. The summed E-state index contributed by atoms with van der Waals surface area (Å²) in [5, 5.41) is 0. The molecule has 0 aliphatic heterocycles. The molecular formula is C17H7F17O. The predicted molar refractivity (Wildman–Crippen MR) is 81.5 cm³/mol. The highest BCUT2D eigenvalue weighted by atomic mass is 19.4. The maximum absolute atomic E-state index is 14.4. The Morgan fingerprint density at radius 3 is 1.17 bits per heavy atom. The van der Waals surface area contributed by atoms with Gasteiger partial charge in [0.2, 0.25) is 5.76 Å². The second kappa shape index (κ2) is 9.07. The van der Waals surface area contributed by atoms with Gasteiger partial charge in [-0.25, -0.2) is 8.78 Å². The van der Waals surface area contributed by atoms with Gasteiger partial charge in [0.15, 0.2) is 0 Å². The van der Waals surface area contributed by atoms with Crippen molar-refractivity contribution < 1.29 is 79.4 Å². The average molecular weight is 550 g/mol. The Labute approximate surface area is 182 Å². The van der Waals surface area contributed by atoms with Crippen molar-refractivity contribution in [2.24, 2.45) is 0 Å². The summed E-state index contributed by atoms with van der Waals surface area (Å²) >= 11 is 0. The molecule has 1 nitrogen and oxygen atoms in total. The van der Waals surface area contributed by atoms with Crippen molar-refractivity contribution >= 4 is 6.08 Å². The van der Waals surface area contributed by atoms with Crippen molar-refractivity contribution in [3.05, 3.63) is 53.5 Å². The van der Waals surface area contributed by atoms with Crippen LogP contribution in [0, 0.1) is 0 Å². The first-order valence-corrected chi connectivity index (χ1v) is 8.19. The van der Waals surface area contributed by atoms with Crippen molar-refractivity contribution in [1.29, 1.82) is 0 Å². The van der Waals surface area contributed by atoms with Crippen molar-refractivity contribution in [3.63, 3.8) is 0 Å². The van der Waals surface area contributed by atoms with Crippen LogP contribution in [0.5, 0.6) is 0 Å². The molecule has 0 aliphatic rings. The number of ether oxygens (including phenoxy) is 1. The van der Waals surface area contributed by atoms with E-state index in [2.05, 4.69) is 4.74 Å². The number of rotatable bonds is 5. The summed E-state index contributed by atoms with van der Waals surface area (Å²) in [7, 11) is 0. The van der Waals surface area contributed by atoms with E-state index < -0.39 is 59.8 Å². The van der Waals surface area contributed by atoms with Gasteiger partial charge >= 0.3 is 42.2 Å². The third-order valence-corrected chi connectivity index (χ3v) is 3.98. The van der Waals surface area contributed by atoms with E-state index in [0.717, 1.165) is 24.3 Å². The van der Waals surface area contributed by atoms with Crippen LogP contribution in [0.25, 0.3) is 6.08 Å². The number of alkyl halides is 17. The lowest BCUT2D eigenvalue weighted by Gasteiger charge is -2.41. The van der Waals surface area contributed by atoms with Gasteiger partial charge in [0.05, 0.1) is 11.8 Å². The number of allylic oxidation sites excluding steroid dienone is 2. The number of hydrogen-bond acceptors (Lipinski definition) is 1. The highest BCUT2D eigenvalue weighted by Crippen LogP contribution is 2.63. The minimum absolute atomic E-state index is 0.214. The van der Waals surface area contributed by atoms with E-state index in [1.807, 2.05) is 0 Å². The maximum atomic E-state index is 14.4. The fraction of sp³-hybridized carbons (Fsp3) is 0.412. The fourth-order valence-electron chi connectivity index (χ4n) is 2.45. The zero-order valence-corrected chi connectivity index (χ0v) is 15.9. The minimum Gasteiger partial charge on any atom is -0.460 e. The standard InChI is InChI=1S/C17H7F17O/c18-11(14(23,24)25,15(26,27)28)9(12(19,16(29,30)31)17(32,33)34)10(13(20,21)22)35-7-6-8-4-2-1-3-5-8/h1-7H/b7-6-. The van der Waals surface area contributed by atoms with Gasteiger partial charge in [-0.3, -0.25) is 0 Å². The number of hydrogen-bond donors (Lipinski definition) is 0. The van der Waals surface area contributed by atoms with E-state index >= 15 is 0 Å². The van der Waals surface area contributed by atoms with Crippen molar-refractivity contribution in [3.8, 4) is 0 Å². The summed E-state index contributed by atoms with van der Waals surface area (Å²) in [4.78, 5) is 0. The molecule has 0 radical (unpaired) electrons. The van der Waals surface area contributed by atoms with Crippen LogP contribution in [0.4, 0.5) is 74.6 Å². The number of benzene rings is 1. The summed E-state index contributed by atoms with van der Waals surface area (Å²) in [6.45, 7) is 0. The highest BCUT2D eigenvalue weighted by Gasteiger charge is 2.87. The minimum atomic E-state index is -8.19. The molecule has 1 rings (SSSR count). The molecule has 0 bridgehead atoms. The third-order valence-electron chi connectivity index (χ3n) is 3.98. The van der Waals surface area contributed by atoms with Crippen LogP contribution in [-0.2, 0) is 4.74 Å². The maximum Gasteiger partial charge on any atom is 0.449 e. The molecule has 0 aromatic heterocycles. The largest absolute Gasteiger partial charge is 0.460 e. The summed E-state index contributed by atoms with van der Waals surface area (Å²) in [6, 6.07) is 5.46. The van der Waals surface area contributed by atoms with E-state index in [9.17, 15) is 74.6 Å². The third kappa shape index (κ3) is 5.60. The summed E-state index contributed by atoms with van der Waals surface area (Å²) in [6.07, 6.45) is -39.7. The normalized spacial score (nSPS) is 14.9. The molecule has 0 unspecified atom stereocenters. The van der Waals surface area contributed by atoms with Gasteiger partial charge in [-0.05, 0) is 11.6 Å². The molecule has 0 spiro atoms. The fourth-order valence-corrected chi connectivity index (χ4v) is 2.45. The van der Waals surface area contributed by atoms with Crippen molar-refractivity contribution in [2.75, 3.05) is 0 Å².